The first-order valence-electron chi connectivity index (χ1n) is 9.27. The summed E-state index contributed by atoms with van der Waals surface area (Å²) in [6.07, 6.45) is 0.216. The molecule has 1 amide bonds. The second kappa shape index (κ2) is 8.51. The number of aromatic nitrogens is 4. The first kappa shape index (κ1) is 21.3. The Morgan fingerprint density at radius 1 is 1.07 bits per heavy atom. The summed E-state index contributed by atoms with van der Waals surface area (Å²) in [7, 11) is 0. The molecular weight excluding hydrogens is 409 g/mol. The summed E-state index contributed by atoms with van der Waals surface area (Å²) in [6.45, 7) is 9.55. The molecule has 2 aromatic heterocycles. The molecule has 0 aliphatic rings. The molecule has 0 spiro atoms. The average Bonchev–Trinajstić information content (AvgIpc) is 2.91. The van der Waals surface area contributed by atoms with Crippen molar-refractivity contribution in [2.45, 2.75) is 47.1 Å². The van der Waals surface area contributed by atoms with Crippen LogP contribution in [0.5, 0.6) is 0 Å². The Kier molecular flexibility index (Phi) is 6.24. The van der Waals surface area contributed by atoms with Crippen LogP contribution < -0.4 is 5.32 Å². The number of nitrogens with zero attached hydrogens (tertiary/aromatic N) is 4. The second-order valence-electron chi connectivity index (χ2n) is 7.15. The number of amides is 1. The van der Waals surface area contributed by atoms with Crippen molar-refractivity contribution in [1.29, 1.82) is 0 Å². The first-order valence-corrected chi connectivity index (χ1v) is 10.0. The highest BCUT2D eigenvalue weighted by atomic mass is 35.5. The van der Waals surface area contributed by atoms with E-state index in [0.29, 0.717) is 16.0 Å². The number of nitrogens with one attached hydrogen (secondary N) is 1. The molecule has 1 atom stereocenters. The number of benzene rings is 1. The number of hydrogen-bond acceptors (Lipinski definition) is 4. The zero-order valence-electron chi connectivity index (χ0n) is 17.0. The predicted molar refractivity (Wildman–Crippen MR) is 115 cm³/mol. The largest absolute Gasteiger partial charge is 0.349 e. The first-order chi connectivity index (χ1) is 13.7. The number of halogens is 2. The molecule has 0 aliphatic heterocycles. The lowest BCUT2D eigenvalue weighted by atomic mass is 10.1. The van der Waals surface area contributed by atoms with Gasteiger partial charge >= 0.3 is 0 Å². The zero-order valence-corrected chi connectivity index (χ0v) is 18.6. The average molecular weight is 432 g/mol. The zero-order chi connectivity index (χ0) is 21.3. The maximum Gasteiger partial charge on any atom is 0.251 e. The molecule has 3 rings (SSSR count). The molecule has 152 valence electrons. The highest BCUT2D eigenvalue weighted by Gasteiger charge is 2.19. The van der Waals surface area contributed by atoms with Gasteiger partial charge in [-0.15, -0.1) is 0 Å². The minimum atomic E-state index is -0.198. The van der Waals surface area contributed by atoms with E-state index in [4.69, 9.17) is 23.2 Å². The number of aryl methyl sites for hydroxylation is 3. The van der Waals surface area contributed by atoms with Gasteiger partial charge in [-0.3, -0.25) is 4.79 Å². The molecule has 0 saturated carbocycles. The van der Waals surface area contributed by atoms with Crippen LogP contribution in [0.4, 0.5) is 0 Å². The van der Waals surface area contributed by atoms with Crippen LogP contribution in [0.3, 0.4) is 0 Å². The van der Waals surface area contributed by atoms with Gasteiger partial charge in [0.1, 0.15) is 0 Å². The summed E-state index contributed by atoms with van der Waals surface area (Å²) >= 11 is 12.0. The lowest BCUT2D eigenvalue weighted by Gasteiger charge is -2.15. The molecule has 1 unspecified atom stereocenters. The normalized spacial score (nSPS) is 12.1. The molecule has 1 N–H and O–H groups in total. The maximum absolute atomic E-state index is 12.7. The van der Waals surface area contributed by atoms with Crippen molar-refractivity contribution in [2.24, 2.45) is 0 Å². The summed E-state index contributed by atoms with van der Waals surface area (Å²) in [6, 6.07) is 7.06. The summed E-state index contributed by atoms with van der Waals surface area (Å²) in [5, 5.41) is 8.51. The molecule has 8 heteroatoms. The van der Waals surface area contributed by atoms with E-state index in [1.165, 1.54) is 0 Å². The van der Waals surface area contributed by atoms with Crippen LogP contribution in [-0.2, 0) is 11.2 Å². The standard InChI is InChI=1S/C21H23Cl2N5O/c1-11-8-12(2)25-21(24-11)28-15(5)17(14(4)27-28)10-20(29)26-13(3)16-6-7-18(22)19(23)9-16/h6-9,13H,10H2,1-5H3,(H,26,29). The fraction of sp³-hybridized carbons (Fsp3) is 0.333. The SMILES string of the molecule is Cc1cc(C)nc(-n2nc(C)c(CC(=O)NC(C)c3ccc(Cl)c(Cl)c3)c2C)n1. The maximum atomic E-state index is 12.7. The van der Waals surface area contributed by atoms with E-state index in [-0.39, 0.29) is 18.4 Å². The minimum Gasteiger partial charge on any atom is -0.349 e. The lowest BCUT2D eigenvalue weighted by molar-refractivity contribution is -0.121. The minimum absolute atomic E-state index is 0.101. The topological polar surface area (TPSA) is 72.7 Å². The van der Waals surface area contributed by atoms with Crippen LogP contribution in [0, 0.1) is 27.7 Å². The van der Waals surface area contributed by atoms with E-state index in [1.807, 2.05) is 46.8 Å². The highest BCUT2D eigenvalue weighted by Crippen LogP contribution is 2.25. The second-order valence-corrected chi connectivity index (χ2v) is 7.97. The molecule has 29 heavy (non-hydrogen) atoms. The molecule has 0 aliphatic carbocycles. The van der Waals surface area contributed by atoms with Gasteiger partial charge in [-0.05, 0) is 58.4 Å². The van der Waals surface area contributed by atoms with Crippen molar-refractivity contribution >= 4 is 29.1 Å². The van der Waals surface area contributed by atoms with Gasteiger partial charge in [0.2, 0.25) is 5.91 Å². The smallest absolute Gasteiger partial charge is 0.251 e. The van der Waals surface area contributed by atoms with E-state index in [9.17, 15) is 4.79 Å². The van der Waals surface area contributed by atoms with Gasteiger partial charge in [-0.2, -0.15) is 5.10 Å². The van der Waals surface area contributed by atoms with E-state index >= 15 is 0 Å². The Bertz CT molecular complexity index is 1060. The molecule has 0 bridgehead atoms. The predicted octanol–water partition coefficient (Wildman–Crippen LogP) is 4.62. The summed E-state index contributed by atoms with van der Waals surface area (Å²) in [5.74, 6) is 0.412. The third-order valence-corrected chi connectivity index (χ3v) is 5.50. The number of hydrogen-bond donors (Lipinski definition) is 1. The number of rotatable bonds is 5. The van der Waals surface area contributed by atoms with Gasteiger partial charge in [0, 0.05) is 22.6 Å². The Morgan fingerprint density at radius 2 is 1.72 bits per heavy atom. The molecule has 2 heterocycles. The third-order valence-electron chi connectivity index (χ3n) is 4.76. The van der Waals surface area contributed by atoms with Crippen LogP contribution >= 0.6 is 23.2 Å². The quantitative estimate of drug-likeness (QED) is 0.639. The van der Waals surface area contributed by atoms with Crippen LogP contribution in [0.15, 0.2) is 24.3 Å². The molecule has 3 aromatic rings. The summed E-state index contributed by atoms with van der Waals surface area (Å²) < 4.78 is 1.69. The monoisotopic (exact) mass is 431 g/mol. The molecular formula is C21H23Cl2N5O. The van der Waals surface area contributed by atoms with Crippen molar-refractivity contribution in [1.82, 2.24) is 25.1 Å². The van der Waals surface area contributed by atoms with Gasteiger partial charge in [-0.25, -0.2) is 14.6 Å². The van der Waals surface area contributed by atoms with E-state index in [2.05, 4.69) is 20.4 Å². The van der Waals surface area contributed by atoms with Gasteiger partial charge in [-0.1, -0.05) is 29.3 Å². The molecule has 0 fully saturated rings. The summed E-state index contributed by atoms with van der Waals surface area (Å²) in [5.41, 5.74) is 5.13. The fourth-order valence-corrected chi connectivity index (χ4v) is 3.55. The Hall–Kier alpha value is -2.44. The molecule has 0 radical (unpaired) electrons. The lowest BCUT2D eigenvalue weighted by Crippen LogP contribution is -2.28. The van der Waals surface area contributed by atoms with Crippen LogP contribution in [-0.4, -0.2) is 25.7 Å². The highest BCUT2D eigenvalue weighted by molar-refractivity contribution is 6.42. The third kappa shape index (κ3) is 4.77. The van der Waals surface area contributed by atoms with Crippen LogP contribution in [0.1, 0.15) is 46.9 Å². The summed E-state index contributed by atoms with van der Waals surface area (Å²) in [4.78, 5) is 21.6. The Morgan fingerprint density at radius 3 is 2.34 bits per heavy atom. The van der Waals surface area contributed by atoms with Crippen LogP contribution in [0.2, 0.25) is 10.0 Å². The Labute approximate surface area is 180 Å². The molecule has 6 nitrogen and oxygen atoms in total. The van der Waals surface area contributed by atoms with E-state index in [0.717, 1.165) is 33.9 Å². The van der Waals surface area contributed by atoms with Crippen molar-refractivity contribution in [3.05, 3.63) is 68.2 Å². The van der Waals surface area contributed by atoms with E-state index < -0.39 is 0 Å². The molecule has 0 saturated heterocycles. The number of carbonyl (C=O) groups is 1. The fourth-order valence-electron chi connectivity index (χ4n) is 3.25. The molecule has 1 aromatic carbocycles. The van der Waals surface area contributed by atoms with Crippen LogP contribution in [0.25, 0.3) is 5.95 Å². The van der Waals surface area contributed by atoms with Gasteiger partial charge < -0.3 is 5.32 Å². The van der Waals surface area contributed by atoms with Gasteiger partial charge in [0.15, 0.2) is 0 Å². The number of carbonyl (C=O) groups excluding carboxylic acids is 1. The van der Waals surface area contributed by atoms with Crippen molar-refractivity contribution in [3.63, 3.8) is 0 Å². The van der Waals surface area contributed by atoms with Crippen molar-refractivity contribution in [3.8, 4) is 5.95 Å². The van der Waals surface area contributed by atoms with Gasteiger partial charge in [0.05, 0.1) is 28.2 Å². The van der Waals surface area contributed by atoms with Crippen molar-refractivity contribution in [2.75, 3.05) is 0 Å². The van der Waals surface area contributed by atoms with Crippen molar-refractivity contribution < 1.29 is 4.79 Å². The van der Waals surface area contributed by atoms with E-state index in [1.54, 1.807) is 16.8 Å². The van der Waals surface area contributed by atoms with Gasteiger partial charge in [0.25, 0.3) is 5.95 Å². The Balaban J connectivity index is 1.78.